The lowest BCUT2D eigenvalue weighted by molar-refractivity contribution is -0.167. The van der Waals surface area contributed by atoms with Gasteiger partial charge in [-0.15, -0.1) is 0 Å². The van der Waals surface area contributed by atoms with Crippen molar-refractivity contribution in [2.45, 2.75) is 290 Å². The van der Waals surface area contributed by atoms with Gasteiger partial charge in [0.1, 0.15) is 13.2 Å². The average molecular weight is 1030 g/mol. The van der Waals surface area contributed by atoms with E-state index in [1.807, 2.05) is 0 Å². The second-order valence-electron chi connectivity index (χ2n) is 20.2. The Bertz CT molecular complexity index is 1510. The largest absolute Gasteiger partial charge is 0.462 e. The van der Waals surface area contributed by atoms with Crippen LogP contribution in [0.25, 0.3) is 0 Å². The molecule has 0 bridgehead atoms. The van der Waals surface area contributed by atoms with Crippen molar-refractivity contribution in [2.75, 3.05) is 13.2 Å². The van der Waals surface area contributed by atoms with Gasteiger partial charge in [-0.1, -0.05) is 271 Å². The second kappa shape index (κ2) is 61.6. The highest BCUT2D eigenvalue weighted by Crippen LogP contribution is 2.16. The number of ether oxygens (including phenoxy) is 3. The lowest BCUT2D eigenvalue weighted by atomic mass is 10.0. The van der Waals surface area contributed by atoms with Crippen LogP contribution in [0.15, 0.2) is 109 Å². The molecule has 0 aliphatic rings. The number of hydrogen-bond acceptors (Lipinski definition) is 6. The molecule has 0 fully saturated rings. The van der Waals surface area contributed by atoms with E-state index in [0.29, 0.717) is 19.3 Å². The summed E-state index contributed by atoms with van der Waals surface area (Å²) < 4.78 is 16.9. The van der Waals surface area contributed by atoms with Crippen molar-refractivity contribution in [3.05, 3.63) is 109 Å². The van der Waals surface area contributed by atoms with Crippen LogP contribution in [0.3, 0.4) is 0 Å². The number of carbonyl (C=O) groups excluding carboxylic acids is 3. The van der Waals surface area contributed by atoms with Crippen LogP contribution in [0.2, 0.25) is 0 Å². The van der Waals surface area contributed by atoms with Gasteiger partial charge < -0.3 is 14.2 Å². The number of unbranched alkanes of at least 4 members (excludes halogenated alkanes) is 26. The van der Waals surface area contributed by atoms with E-state index in [-0.39, 0.29) is 31.1 Å². The van der Waals surface area contributed by atoms with E-state index in [9.17, 15) is 14.4 Å². The molecule has 0 saturated carbocycles. The predicted octanol–water partition coefficient (Wildman–Crippen LogP) is 21.0. The van der Waals surface area contributed by atoms with Gasteiger partial charge in [0.2, 0.25) is 0 Å². The van der Waals surface area contributed by atoms with Crippen LogP contribution in [0.1, 0.15) is 284 Å². The molecule has 0 aromatic carbocycles. The minimum absolute atomic E-state index is 0.0953. The van der Waals surface area contributed by atoms with E-state index < -0.39 is 6.10 Å². The van der Waals surface area contributed by atoms with Crippen LogP contribution in [-0.2, 0) is 28.6 Å². The Kier molecular flexibility index (Phi) is 58.3. The fourth-order valence-electron chi connectivity index (χ4n) is 8.38. The standard InChI is InChI=1S/C68H114O6/c1-4-7-10-13-16-19-22-25-28-30-31-32-33-34-35-36-37-39-40-43-46-49-52-55-58-61-67(70)73-64-65(63-72-66(69)60-57-54-51-48-45-42-27-24-21-18-15-12-9-6-3)74-68(71)62-59-56-53-50-47-44-41-38-29-26-23-20-17-14-11-8-5-2/h7,10,15-16,18-19,24-25,27-28,31-32,34-35,37,39,43,46,65H,4-6,8-9,11-14,17,20-23,26,29-30,33,36,38,40-42,44-45,47-64H2,1-3H3/b10-7-,18-15-,19-16-,27-24-,28-25-,32-31-,35-34-,39-37-,46-43-. The van der Waals surface area contributed by atoms with E-state index in [1.165, 1.54) is 109 Å². The summed E-state index contributed by atoms with van der Waals surface area (Å²) >= 11 is 0. The second-order valence-corrected chi connectivity index (χ2v) is 20.2. The van der Waals surface area contributed by atoms with E-state index in [1.54, 1.807) is 0 Å². The van der Waals surface area contributed by atoms with Crippen LogP contribution in [0.5, 0.6) is 0 Å². The Morgan fingerprint density at radius 3 is 0.878 bits per heavy atom. The van der Waals surface area contributed by atoms with Crippen molar-refractivity contribution in [1.29, 1.82) is 0 Å². The van der Waals surface area contributed by atoms with E-state index in [0.717, 1.165) is 135 Å². The number of esters is 3. The molecule has 0 aromatic heterocycles. The first-order chi connectivity index (χ1) is 36.5. The number of rotatable bonds is 55. The average Bonchev–Trinajstić information content (AvgIpc) is 3.40. The smallest absolute Gasteiger partial charge is 0.306 e. The highest BCUT2D eigenvalue weighted by Gasteiger charge is 2.19. The molecule has 6 nitrogen and oxygen atoms in total. The molecule has 0 amide bonds. The summed E-state index contributed by atoms with van der Waals surface area (Å²) in [7, 11) is 0. The molecule has 0 rings (SSSR count). The van der Waals surface area contributed by atoms with Crippen LogP contribution < -0.4 is 0 Å². The third-order valence-corrected chi connectivity index (χ3v) is 13.0. The maximum atomic E-state index is 12.9. The highest BCUT2D eigenvalue weighted by molar-refractivity contribution is 5.71. The normalized spacial score (nSPS) is 12.9. The molecule has 1 unspecified atom stereocenters. The van der Waals surface area contributed by atoms with Crippen LogP contribution in [0, 0.1) is 0 Å². The zero-order valence-corrected chi connectivity index (χ0v) is 48.3. The summed E-state index contributed by atoms with van der Waals surface area (Å²) in [4.78, 5) is 38.2. The van der Waals surface area contributed by atoms with Crippen molar-refractivity contribution >= 4 is 17.9 Å². The van der Waals surface area contributed by atoms with Gasteiger partial charge in [0.05, 0.1) is 0 Å². The molecule has 0 spiro atoms. The minimum Gasteiger partial charge on any atom is -0.462 e. The Hall–Kier alpha value is -3.93. The topological polar surface area (TPSA) is 78.9 Å². The minimum atomic E-state index is -0.799. The molecule has 1 atom stereocenters. The molecule has 0 aliphatic carbocycles. The molecule has 0 heterocycles. The van der Waals surface area contributed by atoms with E-state index in [2.05, 4.69) is 130 Å². The Balaban J connectivity index is 4.43. The lowest BCUT2D eigenvalue weighted by Gasteiger charge is -2.18. The maximum absolute atomic E-state index is 12.9. The molecule has 0 saturated heterocycles. The van der Waals surface area contributed by atoms with Crippen molar-refractivity contribution < 1.29 is 28.6 Å². The number of hydrogen-bond donors (Lipinski definition) is 0. The lowest BCUT2D eigenvalue weighted by Crippen LogP contribution is -2.30. The van der Waals surface area contributed by atoms with Gasteiger partial charge in [-0.3, -0.25) is 14.4 Å². The summed E-state index contributed by atoms with van der Waals surface area (Å²) in [6, 6.07) is 0. The predicted molar refractivity (Wildman–Crippen MR) is 320 cm³/mol. The van der Waals surface area contributed by atoms with E-state index >= 15 is 0 Å². The van der Waals surface area contributed by atoms with Gasteiger partial charge in [-0.2, -0.15) is 0 Å². The first kappa shape index (κ1) is 70.1. The first-order valence-corrected chi connectivity index (χ1v) is 30.9. The van der Waals surface area contributed by atoms with Crippen molar-refractivity contribution in [3.8, 4) is 0 Å². The Morgan fingerprint density at radius 2 is 0.541 bits per heavy atom. The van der Waals surface area contributed by atoms with Crippen molar-refractivity contribution in [3.63, 3.8) is 0 Å². The van der Waals surface area contributed by atoms with Crippen LogP contribution >= 0.6 is 0 Å². The third-order valence-electron chi connectivity index (χ3n) is 13.0. The van der Waals surface area contributed by atoms with Crippen molar-refractivity contribution in [1.82, 2.24) is 0 Å². The summed E-state index contributed by atoms with van der Waals surface area (Å²) in [6.45, 7) is 6.46. The summed E-state index contributed by atoms with van der Waals surface area (Å²) in [5, 5.41) is 0. The molecule has 422 valence electrons. The summed E-state index contributed by atoms with van der Waals surface area (Å²) in [5.41, 5.74) is 0. The molecule has 0 radical (unpaired) electrons. The van der Waals surface area contributed by atoms with E-state index in [4.69, 9.17) is 14.2 Å². The molecular formula is C68H114O6. The monoisotopic (exact) mass is 1030 g/mol. The fourth-order valence-corrected chi connectivity index (χ4v) is 8.38. The molecule has 0 aromatic rings. The van der Waals surface area contributed by atoms with Gasteiger partial charge in [0.15, 0.2) is 6.10 Å². The summed E-state index contributed by atoms with van der Waals surface area (Å²) in [5.74, 6) is -0.935. The van der Waals surface area contributed by atoms with Gasteiger partial charge in [-0.25, -0.2) is 0 Å². The molecular weight excluding hydrogens is 913 g/mol. The molecule has 0 aliphatic heterocycles. The maximum Gasteiger partial charge on any atom is 0.306 e. The van der Waals surface area contributed by atoms with Crippen LogP contribution in [0.4, 0.5) is 0 Å². The number of allylic oxidation sites excluding steroid dienone is 18. The first-order valence-electron chi connectivity index (χ1n) is 30.9. The summed E-state index contributed by atoms with van der Waals surface area (Å²) in [6.07, 6.45) is 83.7. The van der Waals surface area contributed by atoms with Crippen LogP contribution in [-0.4, -0.2) is 37.2 Å². The quantitative estimate of drug-likeness (QED) is 0.0261. The zero-order chi connectivity index (χ0) is 53.6. The molecule has 74 heavy (non-hydrogen) atoms. The van der Waals surface area contributed by atoms with Gasteiger partial charge >= 0.3 is 17.9 Å². The zero-order valence-electron chi connectivity index (χ0n) is 48.3. The number of carbonyl (C=O) groups is 3. The molecule has 0 N–H and O–H groups in total. The Labute approximate surface area is 457 Å². The fraction of sp³-hybridized carbons (Fsp3) is 0.691. The molecule has 6 heteroatoms. The van der Waals surface area contributed by atoms with Gasteiger partial charge in [0.25, 0.3) is 0 Å². The van der Waals surface area contributed by atoms with Gasteiger partial charge in [-0.05, 0) is 103 Å². The van der Waals surface area contributed by atoms with Gasteiger partial charge in [0, 0.05) is 19.3 Å². The Morgan fingerprint density at radius 1 is 0.284 bits per heavy atom. The van der Waals surface area contributed by atoms with Crippen molar-refractivity contribution in [2.24, 2.45) is 0 Å². The third kappa shape index (κ3) is 59.0. The highest BCUT2D eigenvalue weighted by atomic mass is 16.6. The SMILES string of the molecule is CC/C=C\C/C=C\C/C=C\C/C=C\C/C=C\C/C=C\C/C=C\CCCCCC(=O)OCC(COC(=O)CCCCCCC/C=C\C/C=C\CCCC)OC(=O)CCCCCCCCCCCCCCCCCCC.